The van der Waals surface area contributed by atoms with Crippen LogP contribution >= 0.6 is 0 Å². The Bertz CT molecular complexity index is 1080. The number of rotatable bonds is 4. The molecule has 0 saturated heterocycles. The molecule has 2 aromatic carbocycles. The monoisotopic (exact) mass is 376 g/mol. The first kappa shape index (κ1) is 18.2. The van der Waals surface area contributed by atoms with Gasteiger partial charge in [0.1, 0.15) is 0 Å². The number of nitrogens with one attached hydrogen (secondary N) is 1. The van der Waals surface area contributed by atoms with Crippen LogP contribution in [0.4, 0.5) is 0 Å². The number of aryl methyl sites for hydroxylation is 2. The Morgan fingerprint density at radius 1 is 1.11 bits per heavy atom. The molecule has 28 heavy (non-hydrogen) atoms. The molecule has 0 aliphatic carbocycles. The zero-order chi connectivity index (χ0) is 19.8. The molecule has 6 nitrogen and oxygen atoms in total. The number of aromatic nitrogens is 2. The van der Waals surface area contributed by atoms with Gasteiger partial charge in [0.25, 0.3) is 11.8 Å². The third-order valence-corrected chi connectivity index (χ3v) is 5.49. The van der Waals surface area contributed by atoms with Crippen LogP contribution < -0.4 is 5.32 Å². The Balaban J connectivity index is 1.55. The number of amides is 2. The Labute approximate surface area is 164 Å². The van der Waals surface area contributed by atoms with Crippen molar-refractivity contribution in [2.75, 3.05) is 13.1 Å². The maximum absolute atomic E-state index is 12.6. The minimum Gasteiger partial charge on any atom is -0.348 e. The van der Waals surface area contributed by atoms with Gasteiger partial charge in [-0.1, -0.05) is 18.2 Å². The highest BCUT2D eigenvalue weighted by Gasteiger charge is 2.27. The number of hydrogen-bond donors (Lipinski definition) is 1. The number of carbonyl (C=O) groups is 2. The predicted molar refractivity (Wildman–Crippen MR) is 108 cm³/mol. The summed E-state index contributed by atoms with van der Waals surface area (Å²) in [7, 11) is 0. The SMILES string of the molecule is CCN1CCn2c(nc3cc(C(=O)NCc4ccc(C)c(C)c4)ccc32)C1=O. The average Bonchev–Trinajstić information content (AvgIpc) is 3.07. The van der Waals surface area contributed by atoms with Crippen molar-refractivity contribution < 1.29 is 9.59 Å². The van der Waals surface area contributed by atoms with E-state index in [2.05, 4.69) is 36.3 Å². The number of carbonyl (C=O) groups excluding carboxylic acids is 2. The quantitative estimate of drug-likeness (QED) is 0.761. The lowest BCUT2D eigenvalue weighted by molar-refractivity contribution is 0.0709. The van der Waals surface area contributed by atoms with Crippen LogP contribution in [0.15, 0.2) is 36.4 Å². The van der Waals surface area contributed by atoms with Crippen LogP contribution in [0.1, 0.15) is 44.6 Å². The fraction of sp³-hybridized carbons (Fsp3) is 0.318. The molecule has 0 radical (unpaired) electrons. The van der Waals surface area contributed by atoms with Gasteiger partial charge >= 0.3 is 0 Å². The number of nitrogens with zero attached hydrogens (tertiary/aromatic N) is 3. The molecule has 2 heterocycles. The van der Waals surface area contributed by atoms with Gasteiger partial charge in [0.2, 0.25) is 0 Å². The van der Waals surface area contributed by atoms with E-state index in [1.54, 1.807) is 17.0 Å². The van der Waals surface area contributed by atoms with Crippen molar-refractivity contribution in [3.05, 3.63) is 64.5 Å². The van der Waals surface area contributed by atoms with Crippen molar-refractivity contribution in [3.8, 4) is 0 Å². The van der Waals surface area contributed by atoms with E-state index in [1.165, 1.54) is 11.1 Å². The van der Waals surface area contributed by atoms with E-state index >= 15 is 0 Å². The van der Waals surface area contributed by atoms with E-state index in [0.717, 1.165) is 17.6 Å². The second-order valence-corrected chi connectivity index (χ2v) is 7.28. The standard InChI is InChI=1S/C22H24N4O2/c1-4-25-9-10-26-19-8-7-17(12-18(19)24-20(26)22(25)28)21(27)23-13-16-6-5-14(2)15(3)11-16/h5-8,11-12H,4,9-10,13H2,1-3H3,(H,23,27). The third kappa shape index (κ3) is 3.15. The summed E-state index contributed by atoms with van der Waals surface area (Å²) in [4.78, 5) is 31.4. The molecule has 0 saturated carbocycles. The molecule has 1 aliphatic rings. The second kappa shape index (κ2) is 7.11. The van der Waals surface area contributed by atoms with Gasteiger partial charge in [-0.25, -0.2) is 4.98 Å². The molecular formula is C22H24N4O2. The van der Waals surface area contributed by atoms with Crippen LogP contribution in [0.3, 0.4) is 0 Å². The van der Waals surface area contributed by atoms with Crippen molar-refractivity contribution in [1.82, 2.24) is 19.8 Å². The van der Waals surface area contributed by atoms with Crippen LogP contribution in [0.25, 0.3) is 11.0 Å². The summed E-state index contributed by atoms with van der Waals surface area (Å²) in [6, 6.07) is 11.6. The van der Waals surface area contributed by atoms with E-state index in [1.807, 2.05) is 23.6 Å². The number of fused-ring (bicyclic) bond motifs is 3. The van der Waals surface area contributed by atoms with Crippen LogP contribution in [-0.4, -0.2) is 39.4 Å². The molecule has 0 spiro atoms. The fourth-order valence-corrected chi connectivity index (χ4v) is 3.62. The smallest absolute Gasteiger partial charge is 0.289 e. The lowest BCUT2D eigenvalue weighted by Crippen LogP contribution is -2.40. The molecule has 1 N–H and O–H groups in total. The molecule has 0 fully saturated rings. The van der Waals surface area contributed by atoms with E-state index < -0.39 is 0 Å². The Kier molecular flexibility index (Phi) is 4.63. The summed E-state index contributed by atoms with van der Waals surface area (Å²) in [5.74, 6) is 0.258. The first-order valence-corrected chi connectivity index (χ1v) is 9.62. The van der Waals surface area contributed by atoms with Crippen molar-refractivity contribution >= 4 is 22.8 Å². The summed E-state index contributed by atoms with van der Waals surface area (Å²) in [5, 5.41) is 2.96. The summed E-state index contributed by atoms with van der Waals surface area (Å²) in [6.45, 7) is 8.66. The van der Waals surface area contributed by atoms with Crippen LogP contribution in [-0.2, 0) is 13.1 Å². The lowest BCUT2D eigenvalue weighted by Gasteiger charge is -2.26. The Hall–Kier alpha value is -3.15. The summed E-state index contributed by atoms with van der Waals surface area (Å²) in [6.07, 6.45) is 0. The van der Waals surface area contributed by atoms with Gasteiger partial charge in [-0.05, 0) is 55.7 Å². The molecular weight excluding hydrogens is 352 g/mol. The van der Waals surface area contributed by atoms with Gasteiger partial charge in [-0.3, -0.25) is 9.59 Å². The van der Waals surface area contributed by atoms with Crippen LogP contribution in [0.2, 0.25) is 0 Å². The molecule has 1 aliphatic heterocycles. The zero-order valence-corrected chi connectivity index (χ0v) is 16.5. The van der Waals surface area contributed by atoms with Crippen LogP contribution in [0, 0.1) is 13.8 Å². The molecule has 1 aromatic heterocycles. The van der Waals surface area contributed by atoms with Gasteiger partial charge < -0.3 is 14.8 Å². The molecule has 3 aromatic rings. The van der Waals surface area contributed by atoms with Crippen molar-refractivity contribution in [2.45, 2.75) is 33.9 Å². The Morgan fingerprint density at radius 3 is 2.68 bits per heavy atom. The number of likely N-dealkylation sites (N-methyl/N-ethyl adjacent to an activating group) is 1. The first-order valence-electron chi connectivity index (χ1n) is 9.62. The van der Waals surface area contributed by atoms with Crippen molar-refractivity contribution in [1.29, 1.82) is 0 Å². The van der Waals surface area contributed by atoms with E-state index in [9.17, 15) is 9.59 Å². The summed E-state index contributed by atoms with van der Waals surface area (Å²) < 4.78 is 1.95. The zero-order valence-electron chi connectivity index (χ0n) is 16.5. The van der Waals surface area contributed by atoms with Crippen molar-refractivity contribution in [2.24, 2.45) is 0 Å². The largest absolute Gasteiger partial charge is 0.348 e. The fourth-order valence-electron chi connectivity index (χ4n) is 3.62. The van der Waals surface area contributed by atoms with Crippen molar-refractivity contribution in [3.63, 3.8) is 0 Å². The van der Waals surface area contributed by atoms with Gasteiger partial charge in [0.15, 0.2) is 5.82 Å². The van der Waals surface area contributed by atoms with Gasteiger partial charge in [-0.15, -0.1) is 0 Å². The topological polar surface area (TPSA) is 67.2 Å². The van der Waals surface area contributed by atoms with Gasteiger partial charge in [0, 0.05) is 31.7 Å². The molecule has 4 rings (SSSR count). The van der Waals surface area contributed by atoms with E-state index in [-0.39, 0.29) is 11.8 Å². The van der Waals surface area contributed by atoms with Crippen LogP contribution in [0.5, 0.6) is 0 Å². The predicted octanol–water partition coefficient (Wildman–Crippen LogP) is 3.06. The van der Waals surface area contributed by atoms with Gasteiger partial charge in [0.05, 0.1) is 11.0 Å². The molecule has 0 bridgehead atoms. The number of hydrogen-bond acceptors (Lipinski definition) is 3. The average molecular weight is 376 g/mol. The number of benzene rings is 2. The minimum atomic E-state index is -0.146. The second-order valence-electron chi connectivity index (χ2n) is 7.28. The van der Waals surface area contributed by atoms with Gasteiger partial charge in [-0.2, -0.15) is 0 Å². The maximum Gasteiger partial charge on any atom is 0.289 e. The first-order chi connectivity index (χ1) is 13.5. The third-order valence-electron chi connectivity index (χ3n) is 5.49. The highest BCUT2D eigenvalue weighted by atomic mass is 16.2. The molecule has 144 valence electrons. The maximum atomic E-state index is 12.6. The molecule has 0 atom stereocenters. The molecule has 6 heteroatoms. The Morgan fingerprint density at radius 2 is 1.93 bits per heavy atom. The molecule has 2 amide bonds. The van der Waals surface area contributed by atoms with E-state index in [4.69, 9.17) is 0 Å². The lowest BCUT2D eigenvalue weighted by atomic mass is 10.1. The normalized spacial score (nSPS) is 13.7. The van der Waals surface area contributed by atoms with E-state index in [0.29, 0.717) is 36.5 Å². The number of imidazole rings is 1. The minimum absolute atomic E-state index is 0.0503. The molecule has 0 unspecified atom stereocenters. The highest BCUT2D eigenvalue weighted by molar-refractivity contribution is 6.00. The summed E-state index contributed by atoms with van der Waals surface area (Å²) in [5.41, 5.74) is 5.64. The highest BCUT2D eigenvalue weighted by Crippen LogP contribution is 2.22. The summed E-state index contributed by atoms with van der Waals surface area (Å²) >= 11 is 0.